The van der Waals surface area contributed by atoms with Gasteiger partial charge in [-0.1, -0.05) is 41.9 Å². The van der Waals surface area contributed by atoms with Crippen molar-refractivity contribution in [1.29, 1.82) is 0 Å². The van der Waals surface area contributed by atoms with Crippen molar-refractivity contribution in [2.75, 3.05) is 0 Å². The number of carbonyl (C=O) groups excluding carboxylic acids is 1. The van der Waals surface area contributed by atoms with Crippen LogP contribution in [0.5, 0.6) is 0 Å². The van der Waals surface area contributed by atoms with Crippen molar-refractivity contribution in [3.8, 4) is 5.69 Å². The summed E-state index contributed by atoms with van der Waals surface area (Å²) in [6.07, 6.45) is -3.56. The van der Waals surface area contributed by atoms with Crippen LogP contribution in [0.4, 0.5) is 13.2 Å². The summed E-state index contributed by atoms with van der Waals surface area (Å²) < 4.78 is 39.1. The number of alkyl halides is 3. The first-order valence-corrected chi connectivity index (χ1v) is 7.59. The molecule has 128 valence electrons. The molecule has 25 heavy (non-hydrogen) atoms. The van der Waals surface area contributed by atoms with Crippen molar-refractivity contribution in [1.82, 2.24) is 15.0 Å². The van der Waals surface area contributed by atoms with E-state index in [9.17, 15) is 18.0 Å². The van der Waals surface area contributed by atoms with Crippen LogP contribution in [-0.4, -0.2) is 20.8 Å². The third-order valence-corrected chi connectivity index (χ3v) is 3.80. The third kappa shape index (κ3) is 3.71. The minimum atomic E-state index is -4.60. The van der Waals surface area contributed by atoms with E-state index in [1.54, 1.807) is 24.3 Å². The van der Waals surface area contributed by atoms with Gasteiger partial charge in [-0.15, -0.1) is 4.80 Å². The van der Waals surface area contributed by atoms with Crippen LogP contribution in [0.3, 0.4) is 0 Å². The summed E-state index contributed by atoms with van der Waals surface area (Å²) in [5.41, 5.74) is -0.582. The maximum absolute atomic E-state index is 13.0. The van der Waals surface area contributed by atoms with Gasteiger partial charge in [-0.05, 0) is 18.2 Å². The maximum Gasteiger partial charge on any atom is 0.417 e. The van der Waals surface area contributed by atoms with Crippen molar-refractivity contribution in [2.24, 2.45) is 0 Å². The van der Waals surface area contributed by atoms with E-state index >= 15 is 0 Å². The second kappa shape index (κ2) is 6.68. The highest BCUT2D eigenvalue weighted by Gasteiger charge is 2.34. The molecule has 3 rings (SSSR count). The van der Waals surface area contributed by atoms with Crippen LogP contribution in [0.25, 0.3) is 5.69 Å². The summed E-state index contributed by atoms with van der Waals surface area (Å²) in [6, 6.07) is 11.5. The van der Waals surface area contributed by atoms with E-state index in [0.717, 1.165) is 12.1 Å². The molecule has 0 aliphatic heterocycles. The molecule has 0 saturated carbocycles. The van der Waals surface area contributed by atoms with Gasteiger partial charge in [0.25, 0.3) is 0 Å². The fourth-order valence-electron chi connectivity index (χ4n) is 2.34. The summed E-state index contributed by atoms with van der Waals surface area (Å²) in [5.74, 6) is -0.681. The highest BCUT2D eigenvalue weighted by atomic mass is 35.5. The minimum Gasteiger partial charge on any atom is -0.294 e. The topological polar surface area (TPSA) is 47.8 Å². The summed E-state index contributed by atoms with van der Waals surface area (Å²) in [5, 5.41) is 8.54. The zero-order valence-corrected chi connectivity index (χ0v) is 13.4. The van der Waals surface area contributed by atoms with Gasteiger partial charge in [0.1, 0.15) is 5.69 Å². The number of hydrogen-bond acceptors (Lipinski definition) is 3. The zero-order valence-electron chi connectivity index (χ0n) is 12.7. The number of benzene rings is 2. The lowest BCUT2D eigenvalue weighted by Crippen LogP contribution is -2.14. The van der Waals surface area contributed by atoms with Gasteiger partial charge in [-0.3, -0.25) is 4.79 Å². The molecule has 0 bridgehead atoms. The van der Waals surface area contributed by atoms with E-state index in [2.05, 4.69) is 10.2 Å². The molecule has 0 unspecified atom stereocenters. The normalized spacial score (nSPS) is 11.5. The first-order chi connectivity index (χ1) is 11.9. The molecule has 0 fully saturated rings. The number of rotatable bonds is 4. The molecule has 0 radical (unpaired) electrons. The summed E-state index contributed by atoms with van der Waals surface area (Å²) in [4.78, 5) is 13.5. The molecule has 4 nitrogen and oxygen atoms in total. The van der Waals surface area contributed by atoms with Crippen LogP contribution in [0.2, 0.25) is 5.02 Å². The second-order valence-electron chi connectivity index (χ2n) is 5.22. The quantitative estimate of drug-likeness (QED) is 0.645. The van der Waals surface area contributed by atoms with Gasteiger partial charge in [0.15, 0.2) is 5.78 Å². The van der Waals surface area contributed by atoms with E-state index in [1.165, 1.54) is 23.1 Å². The van der Waals surface area contributed by atoms with E-state index in [1.807, 2.05) is 0 Å². The Labute approximate surface area is 145 Å². The Morgan fingerprint density at radius 2 is 1.76 bits per heavy atom. The van der Waals surface area contributed by atoms with Gasteiger partial charge in [-0.25, -0.2) is 0 Å². The lowest BCUT2D eigenvalue weighted by atomic mass is 10.0. The minimum absolute atomic E-state index is 0.252. The Morgan fingerprint density at radius 3 is 2.48 bits per heavy atom. The number of carbonyl (C=O) groups is 1. The maximum atomic E-state index is 13.0. The van der Waals surface area contributed by atoms with Crippen LogP contribution < -0.4 is 0 Å². The number of aromatic nitrogens is 3. The molecular weight excluding hydrogens is 355 g/mol. The molecule has 0 aliphatic carbocycles. The predicted octanol–water partition coefficient (Wildman–Crippen LogP) is 4.36. The Morgan fingerprint density at radius 1 is 1.08 bits per heavy atom. The highest BCUT2D eigenvalue weighted by molar-refractivity contribution is 6.32. The summed E-state index contributed by atoms with van der Waals surface area (Å²) >= 11 is 6.05. The first kappa shape index (κ1) is 17.2. The number of Topliss-reactive ketones (excluding diaryl/α,β-unsaturated/α-hetero) is 1. The predicted molar refractivity (Wildman–Crippen MR) is 85.8 cm³/mol. The van der Waals surface area contributed by atoms with Crippen molar-refractivity contribution in [3.05, 3.63) is 76.6 Å². The van der Waals surface area contributed by atoms with E-state index in [4.69, 9.17) is 11.6 Å². The molecule has 0 amide bonds. The smallest absolute Gasteiger partial charge is 0.294 e. The average molecular weight is 366 g/mol. The lowest BCUT2D eigenvalue weighted by molar-refractivity contribution is -0.137. The van der Waals surface area contributed by atoms with Crippen LogP contribution in [0.15, 0.2) is 54.7 Å². The number of nitrogens with zero attached hydrogens (tertiary/aromatic N) is 3. The zero-order chi connectivity index (χ0) is 18.0. The molecule has 3 aromatic rings. The first-order valence-electron chi connectivity index (χ1n) is 7.22. The molecule has 0 N–H and O–H groups in total. The average Bonchev–Trinajstić information content (AvgIpc) is 3.02. The van der Waals surface area contributed by atoms with E-state index in [0.29, 0.717) is 10.7 Å². The van der Waals surface area contributed by atoms with E-state index < -0.39 is 17.5 Å². The van der Waals surface area contributed by atoms with Crippen LogP contribution >= 0.6 is 11.6 Å². The summed E-state index contributed by atoms with van der Waals surface area (Å²) in [7, 11) is 0. The molecule has 2 aromatic carbocycles. The van der Waals surface area contributed by atoms with Gasteiger partial charge in [-0.2, -0.15) is 23.4 Å². The van der Waals surface area contributed by atoms with Gasteiger partial charge in [0.05, 0.1) is 28.9 Å². The molecule has 8 heteroatoms. The lowest BCUT2D eigenvalue weighted by Gasteiger charge is -2.11. The van der Waals surface area contributed by atoms with Gasteiger partial charge < -0.3 is 0 Å². The highest BCUT2D eigenvalue weighted by Crippen LogP contribution is 2.32. The van der Waals surface area contributed by atoms with Gasteiger partial charge in [0, 0.05) is 5.56 Å². The Hall–Kier alpha value is -2.67. The molecule has 1 heterocycles. The number of hydrogen-bond donors (Lipinski definition) is 0. The van der Waals surface area contributed by atoms with Crippen molar-refractivity contribution in [3.63, 3.8) is 0 Å². The fraction of sp³-hybridized carbons (Fsp3) is 0.118. The van der Waals surface area contributed by atoms with Crippen molar-refractivity contribution in [2.45, 2.75) is 12.6 Å². The van der Waals surface area contributed by atoms with Gasteiger partial charge in [0.2, 0.25) is 0 Å². The second-order valence-corrected chi connectivity index (χ2v) is 5.63. The van der Waals surface area contributed by atoms with Crippen molar-refractivity contribution < 1.29 is 18.0 Å². The standard InChI is InChI=1S/C17H11ClF3N3O/c18-14-7-3-4-8-15(14)24-22-10-11(23-24)9-16(25)12-5-1-2-6-13(12)17(19,20)21/h1-8,10H,9H2. The van der Waals surface area contributed by atoms with Crippen LogP contribution in [0.1, 0.15) is 21.6 Å². The van der Waals surface area contributed by atoms with Gasteiger partial charge >= 0.3 is 6.18 Å². The monoisotopic (exact) mass is 365 g/mol. The molecule has 0 atom stereocenters. The SMILES string of the molecule is O=C(Cc1cnn(-c2ccccc2Cl)n1)c1ccccc1C(F)(F)F. The van der Waals surface area contributed by atoms with Crippen LogP contribution in [-0.2, 0) is 12.6 Å². The Balaban J connectivity index is 1.85. The molecule has 0 saturated heterocycles. The molecular formula is C17H11ClF3N3O. The third-order valence-electron chi connectivity index (χ3n) is 3.48. The molecule has 0 spiro atoms. The fourth-order valence-corrected chi connectivity index (χ4v) is 2.55. The Bertz CT molecular complexity index is 921. The van der Waals surface area contributed by atoms with Crippen LogP contribution in [0, 0.1) is 0 Å². The number of halogens is 4. The number of para-hydroxylation sites is 1. The largest absolute Gasteiger partial charge is 0.417 e. The molecule has 0 aliphatic rings. The van der Waals surface area contributed by atoms with E-state index in [-0.39, 0.29) is 17.7 Å². The number of ketones is 1. The summed E-state index contributed by atoms with van der Waals surface area (Å²) in [6.45, 7) is 0. The molecule has 1 aromatic heterocycles. The van der Waals surface area contributed by atoms with Crippen molar-refractivity contribution >= 4 is 17.4 Å². The Kier molecular flexibility index (Phi) is 4.59.